The third-order valence-corrected chi connectivity index (χ3v) is 4.22. The molecule has 0 radical (unpaired) electrons. The molecule has 0 unspecified atom stereocenters. The number of fused-ring (bicyclic) bond motifs is 2. The lowest BCUT2D eigenvalue weighted by molar-refractivity contribution is 0.249. The summed E-state index contributed by atoms with van der Waals surface area (Å²) >= 11 is 0. The minimum Gasteiger partial charge on any atom is -0.338 e. The van der Waals surface area contributed by atoms with Crippen molar-refractivity contribution in [2.75, 3.05) is 11.9 Å². The normalized spacial score (nSPS) is 27.5. The number of hydrogen-bond acceptors (Lipinski definition) is 1. The second-order valence-electron chi connectivity index (χ2n) is 5.74. The van der Waals surface area contributed by atoms with Crippen LogP contribution in [0, 0.1) is 24.7 Å². The Hall–Kier alpha value is -1.77. The molecular weight excluding hydrogens is 236 g/mol. The van der Waals surface area contributed by atoms with Crippen LogP contribution in [0.5, 0.6) is 0 Å². The SMILES string of the molecule is Cc1cccc(NC(=O)NC[C@@H]2C[C@H]3C=C[C@H]2C3)c1. The summed E-state index contributed by atoms with van der Waals surface area (Å²) in [5.74, 6) is 2.07. The van der Waals surface area contributed by atoms with E-state index in [0.717, 1.165) is 23.7 Å². The van der Waals surface area contributed by atoms with Crippen LogP contribution in [-0.4, -0.2) is 12.6 Å². The molecular formula is C16H20N2O. The highest BCUT2D eigenvalue weighted by Gasteiger charge is 2.35. The van der Waals surface area contributed by atoms with Crippen LogP contribution < -0.4 is 10.6 Å². The van der Waals surface area contributed by atoms with E-state index in [2.05, 4.69) is 22.8 Å². The third kappa shape index (κ3) is 2.80. The van der Waals surface area contributed by atoms with Crippen molar-refractivity contribution in [3.63, 3.8) is 0 Å². The molecule has 0 aliphatic heterocycles. The number of anilines is 1. The van der Waals surface area contributed by atoms with Gasteiger partial charge in [-0.15, -0.1) is 0 Å². The number of aryl methyl sites for hydroxylation is 1. The van der Waals surface area contributed by atoms with Gasteiger partial charge in [0, 0.05) is 12.2 Å². The lowest BCUT2D eigenvalue weighted by atomic mass is 9.94. The number of amides is 2. The van der Waals surface area contributed by atoms with Gasteiger partial charge in [-0.25, -0.2) is 4.79 Å². The van der Waals surface area contributed by atoms with E-state index in [1.54, 1.807) is 0 Å². The maximum absolute atomic E-state index is 11.8. The van der Waals surface area contributed by atoms with Gasteiger partial charge < -0.3 is 10.6 Å². The summed E-state index contributed by atoms with van der Waals surface area (Å²) in [4.78, 5) is 11.8. The molecule has 0 saturated heterocycles. The minimum atomic E-state index is -0.0997. The smallest absolute Gasteiger partial charge is 0.319 e. The molecule has 0 spiro atoms. The fourth-order valence-electron chi connectivity index (χ4n) is 3.25. The molecule has 1 aromatic rings. The van der Waals surface area contributed by atoms with Gasteiger partial charge in [0.2, 0.25) is 0 Å². The number of carbonyl (C=O) groups is 1. The molecule has 2 bridgehead atoms. The van der Waals surface area contributed by atoms with Gasteiger partial charge in [0.25, 0.3) is 0 Å². The van der Waals surface area contributed by atoms with Gasteiger partial charge >= 0.3 is 6.03 Å². The summed E-state index contributed by atoms with van der Waals surface area (Å²) in [6.45, 7) is 2.80. The Balaban J connectivity index is 1.48. The zero-order valence-corrected chi connectivity index (χ0v) is 11.2. The monoisotopic (exact) mass is 256 g/mol. The highest BCUT2D eigenvalue weighted by Crippen LogP contribution is 2.42. The first kappa shape index (κ1) is 12.3. The van der Waals surface area contributed by atoms with Gasteiger partial charge in [-0.3, -0.25) is 0 Å². The largest absolute Gasteiger partial charge is 0.338 e. The Morgan fingerprint density at radius 1 is 1.32 bits per heavy atom. The molecule has 3 rings (SSSR count). The highest BCUT2D eigenvalue weighted by atomic mass is 16.2. The lowest BCUT2D eigenvalue weighted by Gasteiger charge is -2.18. The molecule has 0 aromatic heterocycles. The van der Waals surface area contributed by atoms with Gasteiger partial charge in [-0.2, -0.15) is 0 Å². The van der Waals surface area contributed by atoms with Crippen molar-refractivity contribution in [1.82, 2.24) is 5.32 Å². The predicted octanol–water partition coefficient (Wildman–Crippen LogP) is 3.33. The molecule has 19 heavy (non-hydrogen) atoms. The average molecular weight is 256 g/mol. The maximum Gasteiger partial charge on any atom is 0.319 e. The van der Waals surface area contributed by atoms with Crippen LogP contribution >= 0.6 is 0 Å². The number of nitrogens with one attached hydrogen (secondary N) is 2. The standard InChI is InChI=1S/C16H20N2O/c1-11-3-2-4-15(7-11)18-16(19)17-10-14-9-12-5-6-13(14)8-12/h2-7,12-14H,8-10H2,1H3,(H2,17,18,19)/t12-,13-,14-/m0/s1. The predicted molar refractivity (Wildman–Crippen MR) is 77.0 cm³/mol. The highest BCUT2D eigenvalue weighted by molar-refractivity contribution is 5.89. The average Bonchev–Trinajstić information content (AvgIpc) is 2.98. The molecule has 3 nitrogen and oxygen atoms in total. The van der Waals surface area contributed by atoms with E-state index in [-0.39, 0.29) is 6.03 Å². The summed E-state index contributed by atoms with van der Waals surface area (Å²) in [6.07, 6.45) is 7.16. The van der Waals surface area contributed by atoms with Crippen molar-refractivity contribution in [1.29, 1.82) is 0 Å². The van der Waals surface area contributed by atoms with E-state index in [1.807, 2.05) is 31.2 Å². The van der Waals surface area contributed by atoms with Crippen molar-refractivity contribution in [3.8, 4) is 0 Å². The van der Waals surface area contributed by atoms with Crippen LogP contribution in [0.15, 0.2) is 36.4 Å². The van der Waals surface area contributed by atoms with Crippen LogP contribution in [0.1, 0.15) is 18.4 Å². The van der Waals surface area contributed by atoms with Crippen molar-refractivity contribution in [2.45, 2.75) is 19.8 Å². The molecule has 2 amide bonds. The molecule has 0 heterocycles. The molecule has 3 heteroatoms. The number of urea groups is 1. The fraction of sp³-hybridized carbons (Fsp3) is 0.438. The summed E-state index contributed by atoms with van der Waals surface area (Å²) in [5.41, 5.74) is 2.00. The van der Waals surface area contributed by atoms with Gasteiger partial charge in [0.05, 0.1) is 0 Å². The lowest BCUT2D eigenvalue weighted by Crippen LogP contribution is -2.34. The van der Waals surface area contributed by atoms with Crippen molar-refractivity contribution >= 4 is 11.7 Å². The zero-order chi connectivity index (χ0) is 13.2. The van der Waals surface area contributed by atoms with Crippen LogP contribution in [0.4, 0.5) is 10.5 Å². The second-order valence-corrected chi connectivity index (χ2v) is 5.74. The van der Waals surface area contributed by atoms with E-state index in [1.165, 1.54) is 12.8 Å². The molecule has 100 valence electrons. The zero-order valence-electron chi connectivity index (χ0n) is 11.2. The first-order valence-electron chi connectivity index (χ1n) is 7.00. The van der Waals surface area contributed by atoms with E-state index in [4.69, 9.17) is 0 Å². The molecule has 2 aliphatic rings. The summed E-state index contributed by atoms with van der Waals surface area (Å²) < 4.78 is 0. The first-order valence-corrected chi connectivity index (χ1v) is 7.00. The number of allylic oxidation sites excluding steroid dienone is 2. The Bertz CT molecular complexity index is 509. The fourth-order valence-corrected chi connectivity index (χ4v) is 3.25. The van der Waals surface area contributed by atoms with Crippen LogP contribution in [-0.2, 0) is 0 Å². The topological polar surface area (TPSA) is 41.1 Å². The van der Waals surface area contributed by atoms with E-state index < -0.39 is 0 Å². The first-order chi connectivity index (χ1) is 9.20. The summed E-state index contributed by atoms with van der Waals surface area (Å²) in [7, 11) is 0. The van der Waals surface area contributed by atoms with Gasteiger partial charge in [-0.1, -0.05) is 24.3 Å². The van der Waals surface area contributed by atoms with Crippen molar-refractivity contribution < 1.29 is 4.79 Å². The van der Waals surface area contributed by atoms with E-state index in [9.17, 15) is 4.79 Å². The molecule has 1 aromatic carbocycles. The summed E-state index contributed by atoms with van der Waals surface area (Å²) in [5, 5.41) is 5.88. The number of carbonyl (C=O) groups excluding carboxylic acids is 1. The Labute approximate surface area is 114 Å². The van der Waals surface area contributed by atoms with E-state index >= 15 is 0 Å². The minimum absolute atomic E-state index is 0.0997. The molecule has 1 saturated carbocycles. The Morgan fingerprint density at radius 3 is 2.89 bits per heavy atom. The molecule has 3 atom stereocenters. The third-order valence-electron chi connectivity index (χ3n) is 4.22. The molecule has 2 N–H and O–H groups in total. The Kier molecular flexibility index (Phi) is 3.28. The van der Waals surface area contributed by atoms with Crippen LogP contribution in [0.25, 0.3) is 0 Å². The van der Waals surface area contributed by atoms with Crippen molar-refractivity contribution in [2.24, 2.45) is 17.8 Å². The summed E-state index contributed by atoms with van der Waals surface area (Å²) in [6, 6.07) is 7.75. The number of benzene rings is 1. The quantitative estimate of drug-likeness (QED) is 0.800. The molecule has 1 fully saturated rings. The molecule has 2 aliphatic carbocycles. The van der Waals surface area contributed by atoms with Gasteiger partial charge in [0.1, 0.15) is 0 Å². The Morgan fingerprint density at radius 2 is 2.21 bits per heavy atom. The maximum atomic E-state index is 11.8. The van der Waals surface area contributed by atoms with E-state index in [0.29, 0.717) is 11.8 Å². The van der Waals surface area contributed by atoms with Crippen LogP contribution in [0.3, 0.4) is 0 Å². The van der Waals surface area contributed by atoms with Gasteiger partial charge in [0.15, 0.2) is 0 Å². The second kappa shape index (κ2) is 5.08. The van der Waals surface area contributed by atoms with Gasteiger partial charge in [-0.05, 0) is 55.2 Å². The number of hydrogen-bond donors (Lipinski definition) is 2. The van der Waals surface area contributed by atoms with Crippen LogP contribution in [0.2, 0.25) is 0 Å². The number of rotatable bonds is 3. The van der Waals surface area contributed by atoms with Crippen molar-refractivity contribution in [3.05, 3.63) is 42.0 Å².